The molecular formula is C16H17NO4. The molecule has 0 saturated carbocycles. The van der Waals surface area contributed by atoms with Gasteiger partial charge < -0.3 is 9.84 Å². The molecule has 1 unspecified atom stereocenters. The lowest BCUT2D eigenvalue weighted by molar-refractivity contribution is -0.167. The summed E-state index contributed by atoms with van der Waals surface area (Å²) in [6.45, 7) is 3.20. The zero-order chi connectivity index (χ0) is 15.5. The minimum absolute atomic E-state index is 0.0597. The number of carboxylic acid groups (broad SMARTS) is 1. The van der Waals surface area contributed by atoms with E-state index >= 15 is 0 Å². The lowest BCUT2D eigenvalue weighted by Crippen LogP contribution is -2.40. The van der Waals surface area contributed by atoms with Crippen LogP contribution in [0, 0.1) is 5.41 Å². The smallest absolute Gasteiger partial charge is 0.323 e. The van der Waals surface area contributed by atoms with Crippen LogP contribution in [0.5, 0.6) is 0 Å². The Balaban J connectivity index is 2.45. The number of hydrogen-bond donors (Lipinski definition) is 1. The number of aromatic nitrogens is 1. The van der Waals surface area contributed by atoms with Gasteiger partial charge in [-0.05, 0) is 38.0 Å². The van der Waals surface area contributed by atoms with Crippen molar-refractivity contribution in [2.45, 2.75) is 20.3 Å². The van der Waals surface area contributed by atoms with E-state index in [1.807, 2.05) is 24.3 Å². The predicted octanol–water partition coefficient (Wildman–Crippen LogP) is 2.43. The van der Waals surface area contributed by atoms with Crippen molar-refractivity contribution in [3.05, 3.63) is 42.1 Å². The van der Waals surface area contributed by atoms with Crippen molar-refractivity contribution in [1.29, 1.82) is 0 Å². The van der Waals surface area contributed by atoms with Gasteiger partial charge >= 0.3 is 11.9 Å². The lowest BCUT2D eigenvalue weighted by atomic mass is 9.83. The summed E-state index contributed by atoms with van der Waals surface area (Å²) < 4.78 is 4.92. The zero-order valence-corrected chi connectivity index (χ0v) is 12.0. The number of pyridine rings is 1. The fraction of sp³-hybridized carbons (Fsp3) is 0.312. The number of carbonyl (C=O) groups is 2. The van der Waals surface area contributed by atoms with Crippen LogP contribution in [0.4, 0.5) is 0 Å². The molecule has 0 bridgehead atoms. The first kappa shape index (κ1) is 15.0. The van der Waals surface area contributed by atoms with E-state index < -0.39 is 17.4 Å². The first-order valence-corrected chi connectivity index (χ1v) is 6.72. The van der Waals surface area contributed by atoms with Gasteiger partial charge in [-0.25, -0.2) is 0 Å². The number of para-hydroxylation sites is 1. The second-order valence-corrected chi connectivity index (χ2v) is 5.02. The van der Waals surface area contributed by atoms with Gasteiger partial charge in [0.05, 0.1) is 12.1 Å². The number of carbonyl (C=O) groups excluding carboxylic acids is 1. The quantitative estimate of drug-likeness (QED) is 0.675. The molecule has 5 heteroatoms. The third kappa shape index (κ3) is 2.86. The molecule has 0 aliphatic rings. The van der Waals surface area contributed by atoms with Crippen molar-refractivity contribution in [3.63, 3.8) is 0 Å². The summed E-state index contributed by atoms with van der Waals surface area (Å²) in [5, 5.41) is 10.3. The molecule has 1 aromatic carbocycles. The average Bonchev–Trinajstić information content (AvgIpc) is 2.47. The average molecular weight is 287 g/mol. The van der Waals surface area contributed by atoms with Crippen LogP contribution in [-0.2, 0) is 20.7 Å². The Morgan fingerprint density at radius 2 is 2.00 bits per heavy atom. The van der Waals surface area contributed by atoms with E-state index in [0.29, 0.717) is 0 Å². The fourth-order valence-electron chi connectivity index (χ4n) is 2.22. The summed E-state index contributed by atoms with van der Waals surface area (Å²) >= 11 is 0. The first-order chi connectivity index (χ1) is 9.99. The largest absolute Gasteiger partial charge is 0.480 e. The van der Waals surface area contributed by atoms with Crippen molar-refractivity contribution < 1.29 is 19.4 Å². The zero-order valence-electron chi connectivity index (χ0n) is 12.0. The molecule has 5 nitrogen and oxygen atoms in total. The Hall–Kier alpha value is -2.43. The van der Waals surface area contributed by atoms with Crippen LogP contribution in [0.1, 0.15) is 19.4 Å². The Labute approximate surface area is 122 Å². The van der Waals surface area contributed by atoms with Crippen LogP contribution in [0.2, 0.25) is 0 Å². The van der Waals surface area contributed by atoms with Crippen LogP contribution >= 0.6 is 0 Å². The summed E-state index contributed by atoms with van der Waals surface area (Å²) in [6, 6.07) is 9.17. The van der Waals surface area contributed by atoms with Crippen LogP contribution < -0.4 is 0 Å². The van der Waals surface area contributed by atoms with Crippen LogP contribution in [0.25, 0.3) is 10.9 Å². The van der Waals surface area contributed by atoms with Gasteiger partial charge in [-0.2, -0.15) is 0 Å². The van der Waals surface area contributed by atoms with Crippen molar-refractivity contribution in [2.75, 3.05) is 6.61 Å². The molecular weight excluding hydrogens is 270 g/mol. The number of carboxylic acids is 1. The van der Waals surface area contributed by atoms with Gasteiger partial charge in [-0.3, -0.25) is 14.6 Å². The molecule has 0 saturated heterocycles. The highest BCUT2D eigenvalue weighted by molar-refractivity contribution is 5.99. The van der Waals surface area contributed by atoms with E-state index in [0.717, 1.165) is 16.5 Å². The number of ether oxygens (including phenoxy) is 1. The summed E-state index contributed by atoms with van der Waals surface area (Å²) in [5.74, 6) is -1.92. The first-order valence-electron chi connectivity index (χ1n) is 6.72. The van der Waals surface area contributed by atoms with E-state index in [1.54, 1.807) is 19.2 Å². The molecule has 21 heavy (non-hydrogen) atoms. The summed E-state index contributed by atoms with van der Waals surface area (Å²) in [4.78, 5) is 27.8. The van der Waals surface area contributed by atoms with E-state index in [1.165, 1.54) is 6.92 Å². The molecule has 0 aliphatic carbocycles. The molecule has 0 radical (unpaired) electrons. The van der Waals surface area contributed by atoms with Crippen molar-refractivity contribution in [1.82, 2.24) is 4.98 Å². The van der Waals surface area contributed by atoms with E-state index in [-0.39, 0.29) is 13.0 Å². The maximum atomic E-state index is 12.0. The van der Waals surface area contributed by atoms with Crippen molar-refractivity contribution in [3.8, 4) is 0 Å². The number of benzene rings is 1. The lowest BCUT2D eigenvalue weighted by Gasteiger charge is -2.23. The maximum absolute atomic E-state index is 12.0. The number of nitrogens with zero attached hydrogens (tertiary/aromatic N) is 1. The number of esters is 1. The highest BCUT2D eigenvalue weighted by Gasteiger charge is 2.43. The van der Waals surface area contributed by atoms with Gasteiger partial charge in [0.15, 0.2) is 5.41 Å². The standard InChI is InChI=1S/C16H17NO4/c1-3-21-15(20)16(2,14(18)19)10-11-8-9-17-13-7-5-4-6-12(11)13/h4-9H,3,10H2,1-2H3,(H,18,19). The summed E-state index contributed by atoms with van der Waals surface area (Å²) in [7, 11) is 0. The Kier molecular flexibility index (Phi) is 4.21. The Morgan fingerprint density at radius 1 is 1.29 bits per heavy atom. The third-order valence-electron chi connectivity index (χ3n) is 3.48. The SMILES string of the molecule is CCOC(=O)C(C)(Cc1ccnc2ccccc12)C(=O)O. The van der Waals surface area contributed by atoms with Gasteiger partial charge in [0.2, 0.25) is 0 Å². The molecule has 0 spiro atoms. The molecule has 1 aromatic heterocycles. The van der Waals surface area contributed by atoms with E-state index in [2.05, 4.69) is 4.98 Å². The second-order valence-electron chi connectivity index (χ2n) is 5.02. The maximum Gasteiger partial charge on any atom is 0.323 e. The second kappa shape index (κ2) is 5.91. The Morgan fingerprint density at radius 3 is 2.67 bits per heavy atom. The van der Waals surface area contributed by atoms with E-state index in [9.17, 15) is 14.7 Å². The van der Waals surface area contributed by atoms with Gasteiger partial charge in [0.1, 0.15) is 0 Å². The Bertz CT molecular complexity index is 678. The molecule has 0 fully saturated rings. The highest BCUT2D eigenvalue weighted by atomic mass is 16.5. The topological polar surface area (TPSA) is 76.5 Å². The monoisotopic (exact) mass is 287 g/mol. The summed E-state index contributed by atoms with van der Waals surface area (Å²) in [6.07, 6.45) is 1.68. The number of hydrogen-bond acceptors (Lipinski definition) is 4. The molecule has 2 aromatic rings. The van der Waals surface area contributed by atoms with Crippen LogP contribution in [-0.4, -0.2) is 28.6 Å². The third-order valence-corrected chi connectivity index (χ3v) is 3.48. The van der Waals surface area contributed by atoms with E-state index in [4.69, 9.17) is 4.74 Å². The van der Waals surface area contributed by atoms with Crippen molar-refractivity contribution >= 4 is 22.8 Å². The minimum Gasteiger partial charge on any atom is -0.480 e. The fourth-order valence-corrected chi connectivity index (χ4v) is 2.22. The minimum atomic E-state index is -1.61. The molecule has 2 rings (SSSR count). The summed E-state index contributed by atoms with van der Waals surface area (Å²) in [5.41, 5.74) is -0.0784. The van der Waals surface area contributed by atoms with Crippen LogP contribution in [0.3, 0.4) is 0 Å². The highest BCUT2D eigenvalue weighted by Crippen LogP contribution is 2.28. The van der Waals surface area contributed by atoms with Gasteiger partial charge in [-0.15, -0.1) is 0 Å². The molecule has 1 heterocycles. The van der Waals surface area contributed by atoms with Crippen molar-refractivity contribution in [2.24, 2.45) is 5.41 Å². The molecule has 110 valence electrons. The molecule has 1 N–H and O–H groups in total. The van der Waals surface area contributed by atoms with Gasteiger partial charge in [0, 0.05) is 11.6 Å². The number of rotatable bonds is 5. The van der Waals surface area contributed by atoms with Gasteiger partial charge in [0.25, 0.3) is 0 Å². The number of fused-ring (bicyclic) bond motifs is 1. The van der Waals surface area contributed by atoms with Crippen LogP contribution in [0.15, 0.2) is 36.5 Å². The predicted molar refractivity (Wildman–Crippen MR) is 77.8 cm³/mol. The van der Waals surface area contributed by atoms with Gasteiger partial charge in [-0.1, -0.05) is 18.2 Å². The number of aliphatic carboxylic acids is 1. The molecule has 0 aliphatic heterocycles. The normalized spacial score (nSPS) is 13.6. The molecule has 0 amide bonds. The molecule has 1 atom stereocenters.